The molecule has 0 amide bonds. The Bertz CT molecular complexity index is 684. The van der Waals surface area contributed by atoms with E-state index < -0.39 is 5.69 Å². The Balaban J connectivity index is 2.44. The summed E-state index contributed by atoms with van der Waals surface area (Å²) >= 11 is 7.36. The van der Waals surface area contributed by atoms with Crippen LogP contribution in [0.5, 0.6) is 0 Å². The molecule has 6 heteroatoms. The Labute approximate surface area is 113 Å². The molecule has 0 spiro atoms. The van der Waals surface area contributed by atoms with Crippen molar-refractivity contribution in [2.24, 2.45) is 0 Å². The van der Waals surface area contributed by atoms with Crippen molar-refractivity contribution >= 4 is 22.9 Å². The number of aromatic amines is 1. The highest BCUT2D eigenvalue weighted by Crippen LogP contribution is 2.17. The first-order valence-corrected chi connectivity index (χ1v) is 6.79. The SMILES string of the molecule is CCc1ccc(Cn2c(=O)[nH]c(Cl)c(C)c2=O)s1. The van der Waals surface area contributed by atoms with Gasteiger partial charge in [-0.05, 0) is 25.5 Å². The summed E-state index contributed by atoms with van der Waals surface area (Å²) in [7, 11) is 0. The lowest BCUT2D eigenvalue weighted by Gasteiger charge is -2.04. The first-order chi connectivity index (χ1) is 8.52. The van der Waals surface area contributed by atoms with Crippen LogP contribution in [0.3, 0.4) is 0 Å². The number of rotatable bonds is 3. The van der Waals surface area contributed by atoms with Gasteiger partial charge in [0.05, 0.1) is 6.54 Å². The smallest absolute Gasteiger partial charge is 0.297 e. The quantitative estimate of drug-likeness (QED) is 0.878. The minimum Gasteiger partial charge on any atom is -0.297 e. The minimum absolute atomic E-state index is 0.113. The van der Waals surface area contributed by atoms with Crippen molar-refractivity contribution in [2.45, 2.75) is 26.8 Å². The van der Waals surface area contributed by atoms with E-state index in [0.717, 1.165) is 11.3 Å². The molecule has 96 valence electrons. The summed E-state index contributed by atoms with van der Waals surface area (Å²) in [5.41, 5.74) is -0.444. The van der Waals surface area contributed by atoms with E-state index >= 15 is 0 Å². The molecule has 1 N–H and O–H groups in total. The third-order valence-electron chi connectivity index (χ3n) is 2.74. The van der Waals surface area contributed by atoms with E-state index in [0.29, 0.717) is 5.56 Å². The Hall–Kier alpha value is -1.33. The molecular formula is C12H13ClN2O2S. The molecule has 0 aliphatic carbocycles. The van der Waals surface area contributed by atoms with Crippen LogP contribution in [0.2, 0.25) is 5.15 Å². The molecule has 0 unspecified atom stereocenters. The van der Waals surface area contributed by atoms with Gasteiger partial charge in [-0.15, -0.1) is 11.3 Å². The zero-order valence-corrected chi connectivity index (χ0v) is 11.7. The number of hydrogen-bond donors (Lipinski definition) is 1. The monoisotopic (exact) mass is 284 g/mol. The standard InChI is InChI=1S/C12H13ClN2O2S/c1-3-8-4-5-9(18-8)6-15-11(16)7(2)10(13)14-12(15)17/h4-5H,3,6H2,1-2H3,(H,14,17). The highest BCUT2D eigenvalue weighted by atomic mass is 35.5. The van der Waals surface area contributed by atoms with Gasteiger partial charge >= 0.3 is 5.69 Å². The number of aromatic nitrogens is 2. The second kappa shape index (κ2) is 5.12. The Morgan fingerprint density at radius 2 is 2.00 bits per heavy atom. The third-order valence-corrected chi connectivity index (χ3v) is 4.33. The van der Waals surface area contributed by atoms with Gasteiger partial charge in [-0.25, -0.2) is 4.79 Å². The Kier molecular flexibility index (Phi) is 3.73. The molecule has 0 atom stereocenters. The van der Waals surface area contributed by atoms with E-state index in [9.17, 15) is 9.59 Å². The average molecular weight is 285 g/mol. The molecule has 4 nitrogen and oxygen atoms in total. The van der Waals surface area contributed by atoms with Gasteiger partial charge in [0.2, 0.25) is 0 Å². The number of nitrogens with zero attached hydrogens (tertiary/aromatic N) is 1. The molecule has 0 saturated carbocycles. The van der Waals surface area contributed by atoms with E-state index in [-0.39, 0.29) is 17.3 Å². The van der Waals surface area contributed by atoms with Gasteiger partial charge in [0, 0.05) is 15.3 Å². The van der Waals surface area contributed by atoms with Crippen molar-refractivity contribution in [3.8, 4) is 0 Å². The maximum Gasteiger partial charge on any atom is 0.329 e. The van der Waals surface area contributed by atoms with Gasteiger partial charge in [0.25, 0.3) is 5.56 Å². The molecule has 0 fully saturated rings. The summed E-state index contributed by atoms with van der Waals surface area (Å²) in [5.74, 6) is 0. The van der Waals surface area contributed by atoms with E-state index in [1.807, 2.05) is 12.1 Å². The number of hydrogen-bond acceptors (Lipinski definition) is 3. The number of halogens is 1. The van der Waals surface area contributed by atoms with Crippen LogP contribution in [-0.2, 0) is 13.0 Å². The van der Waals surface area contributed by atoms with Gasteiger partial charge in [-0.1, -0.05) is 18.5 Å². The molecule has 0 aliphatic rings. The van der Waals surface area contributed by atoms with Crippen molar-refractivity contribution < 1.29 is 0 Å². The van der Waals surface area contributed by atoms with E-state index in [4.69, 9.17) is 11.6 Å². The predicted molar refractivity (Wildman–Crippen MR) is 73.9 cm³/mol. The summed E-state index contributed by atoms with van der Waals surface area (Å²) in [6.45, 7) is 3.96. The van der Waals surface area contributed by atoms with Crippen LogP contribution in [-0.4, -0.2) is 9.55 Å². The van der Waals surface area contributed by atoms with Gasteiger partial charge in [-0.2, -0.15) is 0 Å². The lowest BCUT2D eigenvalue weighted by molar-refractivity contribution is 0.699. The number of aryl methyl sites for hydroxylation is 1. The molecule has 2 heterocycles. The van der Waals surface area contributed by atoms with E-state index in [1.54, 1.807) is 18.3 Å². The van der Waals surface area contributed by atoms with Gasteiger partial charge < -0.3 is 0 Å². The first-order valence-electron chi connectivity index (χ1n) is 5.59. The molecule has 0 saturated heterocycles. The van der Waals surface area contributed by atoms with Crippen molar-refractivity contribution in [1.29, 1.82) is 0 Å². The first kappa shape index (κ1) is 13.1. The summed E-state index contributed by atoms with van der Waals surface area (Å²) in [5, 5.41) is 0.113. The van der Waals surface area contributed by atoms with Crippen molar-refractivity contribution in [3.63, 3.8) is 0 Å². The number of thiophene rings is 1. The maximum atomic E-state index is 12.0. The van der Waals surface area contributed by atoms with Crippen molar-refractivity contribution in [1.82, 2.24) is 9.55 Å². The minimum atomic E-state index is -0.470. The molecule has 2 aromatic heterocycles. The topological polar surface area (TPSA) is 54.9 Å². The lowest BCUT2D eigenvalue weighted by Crippen LogP contribution is -2.36. The highest BCUT2D eigenvalue weighted by Gasteiger charge is 2.10. The fourth-order valence-corrected chi connectivity index (χ4v) is 2.75. The van der Waals surface area contributed by atoms with Crippen molar-refractivity contribution in [2.75, 3.05) is 0 Å². The second-order valence-corrected chi connectivity index (χ2v) is 5.61. The second-order valence-electron chi connectivity index (χ2n) is 3.98. The maximum absolute atomic E-state index is 12.0. The third kappa shape index (κ3) is 2.42. The molecule has 0 aliphatic heterocycles. The van der Waals surface area contributed by atoms with E-state index in [1.165, 1.54) is 9.44 Å². The van der Waals surface area contributed by atoms with Crippen molar-refractivity contribution in [3.05, 3.63) is 53.4 Å². The normalized spacial score (nSPS) is 10.8. The molecule has 18 heavy (non-hydrogen) atoms. The molecule has 0 bridgehead atoms. The largest absolute Gasteiger partial charge is 0.329 e. The Morgan fingerprint density at radius 1 is 1.33 bits per heavy atom. The van der Waals surface area contributed by atoms with E-state index in [2.05, 4.69) is 11.9 Å². The molecule has 0 aromatic carbocycles. The molecule has 2 aromatic rings. The number of H-pyrrole nitrogens is 1. The predicted octanol–water partition coefficient (Wildman–Crippen LogP) is 2.17. The van der Waals surface area contributed by atoms with Crippen LogP contribution in [0.25, 0.3) is 0 Å². The summed E-state index contributed by atoms with van der Waals surface area (Å²) in [4.78, 5) is 28.4. The molecular weight excluding hydrogens is 272 g/mol. The zero-order valence-electron chi connectivity index (χ0n) is 10.1. The summed E-state index contributed by atoms with van der Waals surface area (Å²) in [6, 6.07) is 3.96. The zero-order chi connectivity index (χ0) is 13.3. The van der Waals surface area contributed by atoms with Crippen LogP contribution >= 0.6 is 22.9 Å². The lowest BCUT2D eigenvalue weighted by atomic mass is 10.3. The highest BCUT2D eigenvalue weighted by molar-refractivity contribution is 7.11. The van der Waals surface area contributed by atoms with Crippen LogP contribution in [0.15, 0.2) is 21.7 Å². The van der Waals surface area contributed by atoms with Crippen LogP contribution in [0.4, 0.5) is 0 Å². The van der Waals surface area contributed by atoms with Crippen LogP contribution in [0.1, 0.15) is 22.2 Å². The number of nitrogens with one attached hydrogen (secondary N) is 1. The van der Waals surface area contributed by atoms with Crippen LogP contribution in [0, 0.1) is 6.92 Å². The molecule has 2 rings (SSSR count). The van der Waals surface area contributed by atoms with Gasteiger partial charge in [0.1, 0.15) is 5.15 Å². The van der Waals surface area contributed by atoms with Gasteiger partial charge in [0.15, 0.2) is 0 Å². The summed E-state index contributed by atoms with van der Waals surface area (Å²) < 4.78 is 1.17. The average Bonchev–Trinajstić information content (AvgIpc) is 2.80. The fraction of sp³-hybridized carbons (Fsp3) is 0.333. The van der Waals surface area contributed by atoms with Crippen LogP contribution < -0.4 is 11.2 Å². The summed E-state index contributed by atoms with van der Waals surface area (Å²) in [6.07, 6.45) is 0.954. The molecule has 0 radical (unpaired) electrons. The fourth-order valence-electron chi connectivity index (χ4n) is 1.64. The Morgan fingerprint density at radius 3 is 2.61 bits per heavy atom. The van der Waals surface area contributed by atoms with Gasteiger partial charge in [-0.3, -0.25) is 14.3 Å².